The summed E-state index contributed by atoms with van der Waals surface area (Å²) in [5.74, 6) is 0.0464. The molecule has 0 bridgehead atoms. The van der Waals surface area contributed by atoms with Gasteiger partial charge in [0.1, 0.15) is 17.4 Å². The molecule has 1 unspecified atom stereocenters. The second-order valence-electron chi connectivity index (χ2n) is 5.09. The summed E-state index contributed by atoms with van der Waals surface area (Å²) in [5.41, 5.74) is 7.25. The molecule has 0 spiro atoms. The van der Waals surface area contributed by atoms with Crippen molar-refractivity contribution in [3.63, 3.8) is 0 Å². The first kappa shape index (κ1) is 15.4. The number of benzene rings is 2. The molecule has 2 aromatic carbocycles. The maximum absolute atomic E-state index is 13.7. The van der Waals surface area contributed by atoms with Crippen molar-refractivity contribution in [3.05, 3.63) is 65.2 Å². The van der Waals surface area contributed by atoms with Crippen LogP contribution in [0, 0.1) is 17.6 Å². The summed E-state index contributed by atoms with van der Waals surface area (Å²) in [7, 11) is 1.62. The van der Waals surface area contributed by atoms with Gasteiger partial charge in [-0.15, -0.1) is 0 Å². The third kappa shape index (κ3) is 4.26. The van der Waals surface area contributed by atoms with Crippen molar-refractivity contribution < 1.29 is 13.5 Å². The number of methoxy groups -OCH3 is 1. The van der Waals surface area contributed by atoms with Crippen LogP contribution in [-0.4, -0.2) is 13.7 Å². The number of rotatable bonds is 6. The highest BCUT2D eigenvalue weighted by Crippen LogP contribution is 2.19. The van der Waals surface area contributed by atoms with E-state index in [-0.39, 0.29) is 11.7 Å². The average molecular weight is 291 g/mol. The molecule has 0 saturated carbocycles. The molecule has 0 aliphatic rings. The van der Waals surface area contributed by atoms with E-state index < -0.39 is 5.82 Å². The Balaban J connectivity index is 2.07. The summed E-state index contributed by atoms with van der Waals surface area (Å²) < 4.78 is 32.0. The number of hydrogen-bond acceptors (Lipinski definition) is 2. The molecule has 2 rings (SSSR count). The minimum atomic E-state index is -0.424. The first-order valence-electron chi connectivity index (χ1n) is 6.89. The van der Waals surface area contributed by atoms with Gasteiger partial charge in [-0.2, -0.15) is 0 Å². The van der Waals surface area contributed by atoms with Gasteiger partial charge in [0.25, 0.3) is 0 Å². The summed E-state index contributed by atoms with van der Waals surface area (Å²) >= 11 is 0. The van der Waals surface area contributed by atoms with Crippen LogP contribution in [0.2, 0.25) is 0 Å². The van der Waals surface area contributed by atoms with Gasteiger partial charge in [0.2, 0.25) is 0 Å². The highest BCUT2D eigenvalue weighted by atomic mass is 19.1. The third-order valence-corrected chi connectivity index (χ3v) is 3.53. The number of ether oxygens (including phenoxy) is 1. The zero-order valence-electron chi connectivity index (χ0n) is 12.0. The van der Waals surface area contributed by atoms with Crippen LogP contribution < -0.4 is 10.5 Å². The van der Waals surface area contributed by atoms with Gasteiger partial charge >= 0.3 is 0 Å². The van der Waals surface area contributed by atoms with Crippen molar-refractivity contribution in [1.82, 2.24) is 0 Å². The van der Waals surface area contributed by atoms with Crippen molar-refractivity contribution >= 4 is 0 Å². The van der Waals surface area contributed by atoms with E-state index in [4.69, 9.17) is 10.5 Å². The Bertz CT molecular complexity index is 584. The van der Waals surface area contributed by atoms with Crippen LogP contribution in [0.3, 0.4) is 0 Å². The summed E-state index contributed by atoms with van der Waals surface area (Å²) in [6, 6.07) is 11.2. The third-order valence-electron chi connectivity index (χ3n) is 3.53. The largest absolute Gasteiger partial charge is 0.497 e. The van der Waals surface area contributed by atoms with E-state index in [0.29, 0.717) is 18.5 Å². The molecule has 0 aromatic heterocycles. The topological polar surface area (TPSA) is 35.2 Å². The van der Waals surface area contributed by atoms with Crippen molar-refractivity contribution in [2.45, 2.75) is 12.8 Å². The van der Waals surface area contributed by atoms with Crippen LogP contribution in [-0.2, 0) is 12.8 Å². The molecule has 0 saturated heterocycles. The van der Waals surface area contributed by atoms with Crippen LogP contribution in [0.15, 0.2) is 42.5 Å². The van der Waals surface area contributed by atoms with Crippen molar-refractivity contribution in [2.24, 2.45) is 11.7 Å². The Hall–Kier alpha value is -1.94. The van der Waals surface area contributed by atoms with Crippen molar-refractivity contribution in [3.8, 4) is 5.75 Å². The van der Waals surface area contributed by atoms with E-state index in [1.165, 1.54) is 6.07 Å². The molecule has 0 fully saturated rings. The van der Waals surface area contributed by atoms with E-state index in [1.54, 1.807) is 7.11 Å². The monoisotopic (exact) mass is 291 g/mol. The van der Waals surface area contributed by atoms with Crippen LogP contribution >= 0.6 is 0 Å². The first-order chi connectivity index (χ1) is 10.1. The van der Waals surface area contributed by atoms with Crippen molar-refractivity contribution in [2.75, 3.05) is 13.7 Å². The Labute approximate surface area is 123 Å². The Morgan fingerprint density at radius 1 is 1.05 bits per heavy atom. The lowest BCUT2D eigenvalue weighted by Gasteiger charge is -2.15. The Morgan fingerprint density at radius 3 is 2.38 bits per heavy atom. The predicted octanol–water partition coefficient (Wildman–Crippen LogP) is 3.33. The van der Waals surface area contributed by atoms with Gasteiger partial charge in [-0.05, 0) is 66.8 Å². The second-order valence-corrected chi connectivity index (χ2v) is 5.09. The zero-order chi connectivity index (χ0) is 15.2. The maximum atomic E-state index is 13.7. The lowest BCUT2D eigenvalue weighted by Crippen LogP contribution is -2.20. The molecule has 0 amide bonds. The Morgan fingerprint density at radius 2 is 1.76 bits per heavy atom. The summed E-state index contributed by atoms with van der Waals surface area (Å²) in [6.45, 7) is 0.419. The van der Waals surface area contributed by atoms with E-state index in [1.807, 2.05) is 24.3 Å². The molecule has 112 valence electrons. The molecule has 4 heteroatoms. The number of nitrogens with two attached hydrogens (primary N) is 1. The molecule has 21 heavy (non-hydrogen) atoms. The second kappa shape index (κ2) is 7.18. The van der Waals surface area contributed by atoms with Crippen LogP contribution in [0.5, 0.6) is 5.75 Å². The maximum Gasteiger partial charge on any atom is 0.126 e. The van der Waals surface area contributed by atoms with Gasteiger partial charge < -0.3 is 10.5 Å². The lowest BCUT2D eigenvalue weighted by molar-refractivity contribution is 0.414. The van der Waals surface area contributed by atoms with E-state index in [9.17, 15) is 8.78 Å². The molecule has 0 heterocycles. The lowest BCUT2D eigenvalue weighted by atomic mass is 9.92. The molecular formula is C17H19F2NO. The fraction of sp³-hybridized carbons (Fsp3) is 0.294. The predicted molar refractivity (Wildman–Crippen MR) is 79.3 cm³/mol. The van der Waals surface area contributed by atoms with Crippen LogP contribution in [0.1, 0.15) is 11.1 Å². The van der Waals surface area contributed by atoms with E-state index >= 15 is 0 Å². The fourth-order valence-corrected chi connectivity index (χ4v) is 2.34. The normalized spacial score (nSPS) is 12.2. The molecule has 2 nitrogen and oxygen atoms in total. The summed E-state index contributed by atoms with van der Waals surface area (Å²) in [6.07, 6.45) is 1.14. The highest BCUT2D eigenvalue weighted by Gasteiger charge is 2.13. The van der Waals surface area contributed by atoms with Gasteiger partial charge in [-0.3, -0.25) is 0 Å². The van der Waals surface area contributed by atoms with E-state index in [2.05, 4.69) is 0 Å². The number of hydrogen-bond donors (Lipinski definition) is 1. The van der Waals surface area contributed by atoms with Crippen LogP contribution in [0.25, 0.3) is 0 Å². The average Bonchev–Trinajstić information content (AvgIpc) is 2.51. The van der Waals surface area contributed by atoms with Crippen LogP contribution in [0.4, 0.5) is 8.78 Å². The first-order valence-corrected chi connectivity index (χ1v) is 6.89. The molecular weight excluding hydrogens is 272 g/mol. The van der Waals surface area contributed by atoms with E-state index in [0.717, 1.165) is 29.9 Å². The van der Waals surface area contributed by atoms with Gasteiger partial charge in [0.05, 0.1) is 7.11 Å². The SMILES string of the molecule is COc1ccc(CC(CN)Cc2cc(F)ccc2F)cc1. The zero-order valence-corrected chi connectivity index (χ0v) is 12.0. The Kier molecular flexibility index (Phi) is 5.28. The standard InChI is InChI=1S/C17H19F2NO/c1-21-16-5-2-12(3-6-16)8-13(11-20)9-14-10-15(18)4-7-17(14)19/h2-7,10,13H,8-9,11,20H2,1H3. The van der Waals surface area contributed by atoms with Gasteiger partial charge in [0.15, 0.2) is 0 Å². The summed E-state index contributed by atoms with van der Waals surface area (Å²) in [4.78, 5) is 0. The minimum Gasteiger partial charge on any atom is -0.497 e. The van der Waals surface area contributed by atoms with Gasteiger partial charge in [-0.1, -0.05) is 12.1 Å². The number of halogens is 2. The molecule has 1 atom stereocenters. The van der Waals surface area contributed by atoms with Gasteiger partial charge in [-0.25, -0.2) is 8.78 Å². The van der Waals surface area contributed by atoms with Crippen molar-refractivity contribution in [1.29, 1.82) is 0 Å². The smallest absolute Gasteiger partial charge is 0.126 e. The summed E-state index contributed by atoms with van der Waals surface area (Å²) in [5, 5.41) is 0. The quantitative estimate of drug-likeness (QED) is 0.886. The molecule has 0 radical (unpaired) electrons. The molecule has 2 aromatic rings. The van der Waals surface area contributed by atoms with Gasteiger partial charge in [0, 0.05) is 0 Å². The highest BCUT2D eigenvalue weighted by molar-refractivity contribution is 5.28. The molecule has 0 aliphatic heterocycles. The fourth-order valence-electron chi connectivity index (χ4n) is 2.34. The molecule has 2 N–H and O–H groups in total. The minimum absolute atomic E-state index is 0.0645. The molecule has 0 aliphatic carbocycles.